The average molecular weight is 282 g/mol. The van der Waals surface area contributed by atoms with Gasteiger partial charge in [0.05, 0.1) is 16.3 Å². The molecule has 4 nitrogen and oxygen atoms in total. The summed E-state index contributed by atoms with van der Waals surface area (Å²) in [6, 6.07) is 4.04. The summed E-state index contributed by atoms with van der Waals surface area (Å²) in [5.41, 5.74) is 12.8. The summed E-state index contributed by atoms with van der Waals surface area (Å²) >= 11 is 6.32. The molecule has 19 heavy (non-hydrogen) atoms. The van der Waals surface area contributed by atoms with Crippen LogP contribution in [0.3, 0.4) is 0 Å². The molecule has 0 spiro atoms. The van der Waals surface area contributed by atoms with Crippen LogP contribution in [0.1, 0.15) is 43.5 Å². The van der Waals surface area contributed by atoms with Gasteiger partial charge in [0, 0.05) is 17.8 Å². The van der Waals surface area contributed by atoms with Crippen LogP contribution in [0.25, 0.3) is 0 Å². The maximum Gasteiger partial charge on any atom is 0.250 e. The number of carbonyl (C=O) groups excluding carboxylic acids is 1. The molecule has 1 aliphatic rings. The lowest BCUT2D eigenvalue weighted by Crippen LogP contribution is -2.36. The van der Waals surface area contributed by atoms with E-state index >= 15 is 0 Å². The first-order chi connectivity index (χ1) is 8.95. The molecular formula is C14H20ClN3O. The van der Waals surface area contributed by atoms with E-state index in [4.69, 9.17) is 23.1 Å². The van der Waals surface area contributed by atoms with Crippen molar-refractivity contribution in [2.24, 2.45) is 5.73 Å². The number of hydrogen-bond donors (Lipinski definition) is 2. The van der Waals surface area contributed by atoms with E-state index in [0.717, 1.165) is 24.9 Å². The van der Waals surface area contributed by atoms with Crippen molar-refractivity contribution in [1.29, 1.82) is 0 Å². The fraction of sp³-hybridized carbons (Fsp3) is 0.500. The first-order valence-corrected chi connectivity index (χ1v) is 7.00. The summed E-state index contributed by atoms with van der Waals surface area (Å²) in [4.78, 5) is 13.9. The van der Waals surface area contributed by atoms with Gasteiger partial charge in [-0.1, -0.05) is 18.5 Å². The third-order valence-corrected chi connectivity index (χ3v) is 4.15. The van der Waals surface area contributed by atoms with Gasteiger partial charge in [-0.05, 0) is 38.3 Å². The normalized spacial score (nSPS) is 22.8. The van der Waals surface area contributed by atoms with Gasteiger partial charge in [0.1, 0.15) is 0 Å². The molecule has 0 saturated carbocycles. The van der Waals surface area contributed by atoms with Crippen molar-refractivity contribution in [2.75, 3.05) is 10.6 Å². The van der Waals surface area contributed by atoms with E-state index in [0.29, 0.717) is 28.4 Å². The number of carbonyl (C=O) groups is 1. The van der Waals surface area contributed by atoms with Crippen LogP contribution in [0.4, 0.5) is 11.4 Å². The molecule has 0 radical (unpaired) electrons. The SMILES string of the molecule is CCC1CCC(C)N1c1c(Cl)cc(N)cc1C(N)=O. The van der Waals surface area contributed by atoms with Gasteiger partial charge in [-0.25, -0.2) is 0 Å². The molecule has 1 aromatic rings. The number of nitrogen functional groups attached to an aromatic ring is 1. The summed E-state index contributed by atoms with van der Waals surface area (Å²) in [6.45, 7) is 4.29. The van der Waals surface area contributed by atoms with Gasteiger partial charge in [0.25, 0.3) is 5.91 Å². The Hall–Kier alpha value is -1.42. The summed E-state index contributed by atoms with van der Waals surface area (Å²) in [5, 5.41) is 0.501. The third-order valence-electron chi connectivity index (χ3n) is 3.87. The molecule has 2 atom stereocenters. The molecule has 1 fully saturated rings. The summed E-state index contributed by atoms with van der Waals surface area (Å²) in [7, 11) is 0. The van der Waals surface area contributed by atoms with Crippen LogP contribution >= 0.6 is 11.6 Å². The van der Waals surface area contributed by atoms with Crippen LogP contribution in [-0.4, -0.2) is 18.0 Å². The van der Waals surface area contributed by atoms with Gasteiger partial charge in [-0.2, -0.15) is 0 Å². The minimum Gasteiger partial charge on any atom is -0.399 e. The standard InChI is InChI=1S/C14H20ClN3O/c1-3-10-5-4-8(2)18(10)13-11(14(17)19)6-9(16)7-12(13)15/h6-8,10H,3-5,16H2,1-2H3,(H2,17,19). The maximum absolute atomic E-state index is 11.7. The van der Waals surface area contributed by atoms with Gasteiger partial charge in [0.15, 0.2) is 0 Å². The minimum absolute atomic E-state index is 0.351. The number of nitrogens with zero attached hydrogens (tertiary/aromatic N) is 1. The number of hydrogen-bond acceptors (Lipinski definition) is 3. The van der Waals surface area contributed by atoms with E-state index in [9.17, 15) is 4.79 Å². The highest BCUT2D eigenvalue weighted by Crippen LogP contribution is 2.39. The highest BCUT2D eigenvalue weighted by atomic mass is 35.5. The Morgan fingerprint density at radius 2 is 2.16 bits per heavy atom. The van der Waals surface area contributed by atoms with Crippen molar-refractivity contribution in [2.45, 2.75) is 45.2 Å². The molecule has 1 aliphatic heterocycles. The van der Waals surface area contributed by atoms with E-state index in [1.807, 2.05) is 0 Å². The smallest absolute Gasteiger partial charge is 0.250 e. The van der Waals surface area contributed by atoms with Crippen molar-refractivity contribution < 1.29 is 4.79 Å². The number of amides is 1. The summed E-state index contributed by atoms with van der Waals surface area (Å²) < 4.78 is 0. The monoisotopic (exact) mass is 281 g/mol. The highest BCUT2D eigenvalue weighted by molar-refractivity contribution is 6.34. The zero-order chi connectivity index (χ0) is 14.2. The zero-order valence-corrected chi connectivity index (χ0v) is 12.1. The predicted octanol–water partition coefficient (Wildman–Crippen LogP) is 2.79. The average Bonchev–Trinajstić information content (AvgIpc) is 2.69. The van der Waals surface area contributed by atoms with Crippen molar-refractivity contribution in [3.05, 3.63) is 22.7 Å². The van der Waals surface area contributed by atoms with E-state index in [2.05, 4.69) is 18.7 Å². The number of rotatable bonds is 3. The molecule has 104 valence electrons. The third kappa shape index (κ3) is 2.50. The number of anilines is 2. The molecule has 2 unspecified atom stereocenters. The fourth-order valence-corrected chi connectivity index (χ4v) is 3.27. The summed E-state index contributed by atoms with van der Waals surface area (Å²) in [5.74, 6) is -0.488. The number of halogens is 1. The molecule has 0 bridgehead atoms. The van der Waals surface area contributed by atoms with Gasteiger partial charge >= 0.3 is 0 Å². The fourth-order valence-electron chi connectivity index (χ4n) is 2.95. The number of primary amides is 1. The van der Waals surface area contributed by atoms with Crippen molar-refractivity contribution >= 4 is 28.9 Å². The largest absolute Gasteiger partial charge is 0.399 e. The van der Waals surface area contributed by atoms with Gasteiger partial charge in [0.2, 0.25) is 0 Å². The van der Waals surface area contributed by atoms with Crippen molar-refractivity contribution in [1.82, 2.24) is 0 Å². The Morgan fingerprint density at radius 1 is 1.47 bits per heavy atom. The molecule has 0 aromatic heterocycles. The Balaban J connectivity index is 2.57. The number of benzene rings is 1. The Kier molecular flexibility index (Phi) is 3.90. The van der Waals surface area contributed by atoms with Crippen LogP contribution in [0.2, 0.25) is 5.02 Å². The molecular weight excluding hydrogens is 262 g/mol. The van der Waals surface area contributed by atoms with Crippen LogP contribution in [0.15, 0.2) is 12.1 Å². The second kappa shape index (κ2) is 5.29. The quantitative estimate of drug-likeness (QED) is 0.837. The minimum atomic E-state index is -0.488. The number of nitrogens with two attached hydrogens (primary N) is 2. The Morgan fingerprint density at radius 3 is 2.74 bits per heavy atom. The van der Waals surface area contributed by atoms with E-state index in [-0.39, 0.29) is 0 Å². The van der Waals surface area contributed by atoms with Crippen LogP contribution < -0.4 is 16.4 Å². The molecule has 1 aromatic carbocycles. The van der Waals surface area contributed by atoms with E-state index in [1.54, 1.807) is 12.1 Å². The Bertz CT molecular complexity index is 504. The Labute approximate surface area is 118 Å². The second-order valence-electron chi connectivity index (χ2n) is 5.16. The van der Waals surface area contributed by atoms with Crippen molar-refractivity contribution in [3.63, 3.8) is 0 Å². The zero-order valence-electron chi connectivity index (χ0n) is 11.3. The van der Waals surface area contributed by atoms with Gasteiger partial charge < -0.3 is 16.4 Å². The summed E-state index contributed by atoms with van der Waals surface area (Å²) in [6.07, 6.45) is 3.22. The molecule has 0 aliphatic carbocycles. The molecule has 2 rings (SSSR count). The molecule has 1 heterocycles. The van der Waals surface area contributed by atoms with E-state index in [1.165, 1.54) is 0 Å². The van der Waals surface area contributed by atoms with Gasteiger partial charge in [-0.15, -0.1) is 0 Å². The second-order valence-corrected chi connectivity index (χ2v) is 5.57. The van der Waals surface area contributed by atoms with Crippen LogP contribution in [0.5, 0.6) is 0 Å². The van der Waals surface area contributed by atoms with E-state index < -0.39 is 5.91 Å². The lowest BCUT2D eigenvalue weighted by atomic mass is 10.1. The molecule has 1 saturated heterocycles. The van der Waals surface area contributed by atoms with Crippen molar-refractivity contribution in [3.8, 4) is 0 Å². The highest BCUT2D eigenvalue weighted by Gasteiger charge is 2.33. The van der Waals surface area contributed by atoms with Crippen LogP contribution in [0, 0.1) is 0 Å². The van der Waals surface area contributed by atoms with Crippen LogP contribution in [-0.2, 0) is 0 Å². The molecule has 1 amide bonds. The first-order valence-electron chi connectivity index (χ1n) is 6.62. The predicted molar refractivity (Wildman–Crippen MR) is 79.6 cm³/mol. The lowest BCUT2D eigenvalue weighted by Gasteiger charge is -2.32. The first kappa shape index (κ1) is 14.0. The molecule has 5 heteroatoms. The van der Waals surface area contributed by atoms with Gasteiger partial charge in [-0.3, -0.25) is 4.79 Å². The lowest BCUT2D eigenvalue weighted by molar-refractivity contribution is 0.100. The maximum atomic E-state index is 11.7. The topological polar surface area (TPSA) is 72.3 Å². The molecule has 4 N–H and O–H groups in total.